The van der Waals surface area contributed by atoms with Gasteiger partial charge in [0.05, 0.1) is 12.0 Å². The zero-order valence-corrected chi connectivity index (χ0v) is 12.9. The molecule has 1 amide bonds. The van der Waals surface area contributed by atoms with Crippen molar-refractivity contribution in [2.24, 2.45) is 0 Å². The number of carbonyl (C=O) groups excluding carboxylic acids is 1. The van der Waals surface area contributed by atoms with Gasteiger partial charge in [-0.05, 0) is 37.1 Å². The molecule has 112 valence electrons. The van der Waals surface area contributed by atoms with Crippen LogP contribution >= 0.6 is 0 Å². The number of hydrogen-bond acceptors (Lipinski definition) is 4. The lowest BCUT2D eigenvalue weighted by Gasteiger charge is -2.12. The summed E-state index contributed by atoms with van der Waals surface area (Å²) >= 11 is 0. The number of amides is 1. The van der Waals surface area contributed by atoms with E-state index < -0.39 is 10.0 Å². The summed E-state index contributed by atoms with van der Waals surface area (Å²) in [6.45, 7) is 5.28. The normalized spacial score (nSPS) is 11.2. The molecule has 0 unspecified atom stereocenters. The topological polar surface area (TPSA) is 84.5 Å². The Kier molecular flexibility index (Phi) is 5.52. The molecule has 0 radical (unpaired) electrons. The van der Waals surface area contributed by atoms with Crippen LogP contribution in [0.1, 0.15) is 18.1 Å². The maximum Gasteiger partial charge on any atom is 0.240 e. The maximum absolute atomic E-state index is 12.2. The summed E-state index contributed by atoms with van der Waals surface area (Å²) in [4.78, 5) is 10.9. The lowest BCUT2D eigenvalue weighted by atomic mass is 10.1. The molecule has 7 heteroatoms. The van der Waals surface area contributed by atoms with Crippen LogP contribution in [0.15, 0.2) is 17.0 Å². The van der Waals surface area contributed by atoms with Crippen molar-refractivity contribution in [1.29, 1.82) is 0 Å². The number of nitrogens with one attached hydrogen (secondary N) is 2. The average Bonchev–Trinajstić information content (AvgIpc) is 2.36. The van der Waals surface area contributed by atoms with Gasteiger partial charge in [0.25, 0.3) is 0 Å². The molecule has 0 heterocycles. The van der Waals surface area contributed by atoms with Crippen molar-refractivity contribution in [1.82, 2.24) is 10.0 Å². The molecule has 0 aliphatic heterocycles. The van der Waals surface area contributed by atoms with Crippen molar-refractivity contribution in [3.63, 3.8) is 0 Å². The van der Waals surface area contributed by atoms with Gasteiger partial charge in [-0.25, -0.2) is 13.1 Å². The SMILES string of the molecule is COc1cc(C)c(S(=O)(=O)NCCNC(C)=O)cc1C. The molecule has 0 saturated carbocycles. The van der Waals surface area contributed by atoms with E-state index in [4.69, 9.17) is 4.74 Å². The molecule has 0 aromatic heterocycles. The van der Waals surface area contributed by atoms with E-state index in [9.17, 15) is 13.2 Å². The van der Waals surface area contributed by atoms with E-state index in [1.54, 1.807) is 33.1 Å². The Bertz CT molecular complexity index is 597. The minimum atomic E-state index is -3.59. The number of aryl methyl sites for hydroxylation is 2. The number of carbonyl (C=O) groups is 1. The highest BCUT2D eigenvalue weighted by Crippen LogP contribution is 2.25. The number of rotatable bonds is 6. The summed E-state index contributed by atoms with van der Waals surface area (Å²) in [6.07, 6.45) is 0. The van der Waals surface area contributed by atoms with Crippen molar-refractivity contribution in [3.8, 4) is 5.75 Å². The van der Waals surface area contributed by atoms with Crippen LogP contribution in [0.25, 0.3) is 0 Å². The van der Waals surface area contributed by atoms with Crippen molar-refractivity contribution in [2.75, 3.05) is 20.2 Å². The Balaban J connectivity index is 2.87. The van der Waals surface area contributed by atoms with Crippen molar-refractivity contribution >= 4 is 15.9 Å². The first-order chi connectivity index (χ1) is 9.27. The monoisotopic (exact) mass is 300 g/mol. The predicted molar refractivity (Wildman–Crippen MR) is 76.3 cm³/mol. The van der Waals surface area contributed by atoms with Crippen LogP contribution in [0, 0.1) is 13.8 Å². The predicted octanol–water partition coefficient (Wildman–Crippen LogP) is 0.726. The third kappa shape index (κ3) is 4.21. The van der Waals surface area contributed by atoms with Crippen LogP contribution in [-0.4, -0.2) is 34.5 Å². The van der Waals surface area contributed by atoms with E-state index in [2.05, 4.69) is 10.0 Å². The molecule has 0 aliphatic rings. The summed E-state index contributed by atoms with van der Waals surface area (Å²) < 4.78 is 32.0. The highest BCUT2D eigenvalue weighted by atomic mass is 32.2. The molecule has 20 heavy (non-hydrogen) atoms. The smallest absolute Gasteiger partial charge is 0.240 e. The molecule has 6 nitrogen and oxygen atoms in total. The van der Waals surface area contributed by atoms with Gasteiger partial charge in [0.2, 0.25) is 15.9 Å². The molecule has 0 saturated heterocycles. The first-order valence-electron chi connectivity index (χ1n) is 6.17. The fourth-order valence-electron chi connectivity index (χ4n) is 1.77. The first kappa shape index (κ1) is 16.5. The second-order valence-electron chi connectivity index (χ2n) is 4.47. The molecular formula is C13H20N2O4S. The third-order valence-corrected chi connectivity index (χ3v) is 4.38. The van der Waals surface area contributed by atoms with Crippen molar-refractivity contribution < 1.29 is 17.9 Å². The Hall–Kier alpha value is -1.60. The maximum atomic E-state index is 12.2. The summed E-state index contributed by atoms with van der Waals surface area (Å²) in [5.74, 6) is 0.459. The second kappa shape index (κ2) is 6.71. The Morgan fingerprint density at radius 1 is 1.20 bits per heavy atom. The van der Waals surface area contributed by atoms with Gasteiger partial charge in [-0.1, -0.05) is 0 Å². The Morgan fingerprint density at radius 3 is 2.40 bits per heavy atom. The van der Waals surface area contributed by atoms with Gasteiger partial charge in [-0.3, -0.25) is 4.79 Å². The fraction of sp³-hybridized carbons (Fsp3) is 0.462. The molecule has 0 bridgehead atoms. The summed E-state index contributed by atoms with van der Waals surface area (Å²) in [5, 5.41) is 2.53. The van der Waals surface area contributed by atoms with Crippen molar-refractivity contribution in [3.05, 3.63) is 23.3 Å². The number of methoxy groups -OCH3 is 1. The van der Waals surface area contributed by atoms with Crippen LogP contribution in [0.5, 0.6) is 5.75 Å². The quantitative estimate of drug-likeness (QED) is 0.758. The van der Waals surface area contributed by atoms with Gasteiger partial charge >= 0.3 is 0 Å². The first-order valence-corrected chi connectivity index (χ1v) is 7.65. The molecule has 0 fully saturated rings. The fourth-order valence-corrected chi connectivity index (χ4v) is 3.12. The molecule has 0 aliphatic carbocycles. The van der Waals surface area contributed by atoms with Crippen LogP contribution in [-0.2, 0) is 14.8 Å². The van der Waals surface area contributed by atoms with E-state index >= 15 is 0 Å². The van der Waals surface area contributed by atoms with Gasteiger partial charge < -0.3 is 10.1 Å². The minimum Gasteiger partial charge on any atom is -0.496 e. The number of benzene rings is 1. The summed E-state index contributed by atoms with van der Waals surface area (Å²) in [6, 6.07) is 3.27. The standard InChI is InChI=1S/C13H20N2O4S/c1-9-8-13(10(2)7-12(9)19-4)20(17,18)15-6-5-14-11(3)16/h7-8,15H,5-6H2,1-4H3,(H,14,16). The van der Waals surface area contributed by atoms with E-state index in [1.807, 2.05) is 0 Å². The van der Waals surface area contributed by atoms with E-state index in [0.717, 1.165) is 5.56 Å². The molecule has 1 aromatic carbocycles. The third-order valence-electron chi connectivity index (χ3n) is 2.77. The Morgan fingerprint density at radius 2 is 1.85 bits per heavy atom. The van der Waals surface area contributed by atoms with Gasteiger partial charge in [-0.2, -0.15) is 0 Å². The van der Waals surface area contributed by atoms with Gasteiger partial charge in [0.1, 0.15) is 5.75 Å². The van der Waals surface area contributed by atoms with E-state index in [1.165, 1.54) is 6.92 Å². The number of sulfonamides is 1. The second-order valence-corrected chi connectivity index (χ2v) is 6.20. The number of ether oxygens (including phenoxy) is 1. The van der Waals surface area contributed by atoms with Crippen LogP contribution in [0.2, 0.25) is 0 Å². The van der Waals surface area contributed by atoms with Crippen molar-refractivity contribution in [2.45, 2.75) is 25.7 Å². The van der Waals surface area contributed by atoms with Crippen LogP contribution < -0.4 is 14.8 Å². The zero-order valence-electron chi connectivity index (χ0n) is 12.1. The molecule has 0 atom stereocenters. The highest BCUT2D eigenvalue weighted by Gasteiger charge is 2.18. The number of hydrogen-bond donors (Lipinski definition) is 2. The molecule has 1 rings (SSSR count). The van der Waals surface area contributed by atoms with E-state index in [0.29, 0.717) is 11.3 Å². The van der Waals surface area contributed by atoms with Gasteiger partial charge in [0, 0.05) is 20.0 Å². The zero-order chi connectivity index (χ0) is 15.3. The van der Waals surface area contributed by atoms with Crippen LogP contribution in [0.4, 0.5) is 0 Å². The summed E-state index contributed by atoms with van der Waals surface area (Å²) in [7, 11) is -2.05. The molecule has 0 spiro atoms. The molecule has 2 N–H and O–H groups in total. The van der Waals surface area contributed by atoms with Gasteiger partial charge in [0.15, 0.2) is 0 Å². The van der Waals surface area contributed by atoms with Crippen LogP contribution in [0.3, 0.4) is 0 Å². The largest absolute Gasteiger partial charge is 0.496 e. The Labute approximate surface area is 119 Å². The highest BCUT2D eigenvalue weighted by molar-refractivity contribution is 7.89. The summed E-state index contributed by atoms with van der Waals surface area (Å²) in [5.41, 5.74) is 1.36. The molecule has 1 aromatic rings. The lowest BCUT2D eigenvalue weighted by molar-refractivity contribution is -0.118. The average molecular weight is 300 g/mol. The van der Waals surface area contributed by atoms with E-state index in [-0.39, 0.29) is 23.9 Å². The lowest BCUT2D eigenvalue weighted by Crippen LogP contribution is -2.34. The van der Waals surface area contributed by atoms with Gasteiger partial charge in [-0.15, -0.1) is 0 Å². The molecular weight excluding hydrogens is 280 g/mol. The minimum absolute atomic E-state index is 0.145.